The fraction of sp³-hybridized carbons (Fsp3) is 0.625. The molecule has 2 heterocycles. The monoisotopic (exact) mass is 307 g/mol. The summed E-state index contributed by atoms with van der Waals surface area (Å²) in [5, 5.41) is 3.41. The Morgan fingerprint density at radius 2 is 2.18 bits per heavy atom. The summed E-state index contributed by atoms with van der Waals surface area (Å²) < 4.78 is 10.9. The molecule has 22 heavy (non-hydrogen) atoms. The quantitative estimate of drug-likeness (QED) is 0.919. The number of ether oxygens (including phenoxy) is 2. The molecule has 1 aliphatic heterocycles. The van der Waals surface area contributed by atoms with E-state index in [2.05, 4.69) is 10.3 Å². The first-order valence-corrected chi connectivity index (χ1v) is 7.53. The number of amides is 1. The highest BCUT2D eigenvalue weighted by molar-refractivity contribution is 5.68. The molecule has 1 unspecified atom stereocenters. The zero-order chi connectivity index (χ0) is 16.2. The van der Waals surface area contributed by atoms with Gasteiger partial charge in [0.25, 0.3) is 0 Å². The second kappa shape index (κ2) is 7.07. The number of hydrogen-bond donors (Lipinski definition) is 1. The van der Waals surface area contributed by atoms with Gasteiger partial charge in [0, 0.05) is 26.4 Å². The van der Waals surface area contributed by atoms with Gasteiger partial charge in [0.05, 0.1) is 24.4 Å². The summed E-state index contributed by atoms with van der Waals surface area (Å²) in [6.45, 7) is 7.35. The van der Waals surface area contributed by atoms with Crippen molar-refractivity contribution in [2.24, 2.45) is 0 Å². The minimum Gasteiger partial charge on any atom is -0.444 e. The largest absolute Gasteiger partial charge is 0.444 e. The van der Waals surface area contributed by atoms with Crippen molar-refractivity contribution in [3.05, 3.63) is 30.1 Å². The molecule has 0 bridgehead atoms. The molecule has 6 heteroatoms. The molecular formula is C16H25N3O3. The number of carbonyl (C=O) groups excluding carboxylic acids is 1. The number of nitrogens with one attached hydrogen (secondary N) is 1. The Hall–Kier alpha value is -1.66. The highest BCUT2D eigenvalue weighted by Crippen LogP contribution is 2.17. The molecule has 0 spiro atoms. The fourth-order valence-corrected chi connectivity index (χ4v) is 2.42. The Kier molecular flexibility index (Phi) is 5.37. The van der Waals surface area contributed by atoms with E-state index in [1.54, 1.807) is 18.2 Å². The first-order valence-electron chi connectivity index (χ1n) is 7.53. The van der Waals surface area contributed by atoms with Gasteiger partial charge in [-0.2, -0.15) is 0 Å². The topological polar surface area (TPSA) is 63.7 Å². The molecule has 0 aliphatic carbocycles. The lowest BCUT2D eigenvalue weighted by atomic mass is 10.2. The van der Waals surface area contributed by atoms with E-state index in [1.807, 2.05) is 39.0 Å². The predicted octanol–water partition coefficient (Wildman–Crippen LogP) is 1.81. The highest BCUT2D eigenvalue weighted by atomic mass is 16.6. The van der Waals surface area contributed by atoms with Gasteiger partial charge in [0.1, 0.15) is 5.60 Å². The van der Waals surface area contributed by atoms with E-state index in [9.17, 15) is 4.79 Å². The third-order valence-electron chi connectivity index (χ3n) is 3.49. The van der Waals surface area contributed by atoms with Gasteiger partial charge in [-0.1, -0.05) is 6.07 Å². The Labute approximate surface area is 131 Å². The van der Waals surface area contributed by atoms with Crippen molar-refractivity contribution in [2.45, 2.75) is 45.1 Å². The summed E-state index contributed by atoms with van der Waals surface area (Å²) in [5.41, 5.74) is 0.479. The lowest BCUT2D eigenvalue weighted by Gasteiger charge is -2.24. The number of likely N-dealkylation sites (tertiary alicyclic amines) is 1. The molecule has 0 saturated carbocycles. The number of aromatic nitrogens is 1. The van der Waals surface area contributed by atoms with Crippen LogP contribution in [0.25, 0.3) is 0 Å². The molecule has 1 N–H and O–H groups in total. The minimum atomic E-state index is -0.487. The molecule has 1 aromatic rings. The van der Waals surface area contributed by atoms with Crippen LogP contribution in [0.5, 0.6) is 0 Å². The molecule has 6 nitrogen and oxygen atoms in total. The molecule has 1 amide bonds. The number of pyridine rings is 1. The maximum Gasteiger partial charge on any atom is 0.410 e. The molecule has 1 fully saturated rings. The van der Waals surface area contributed by atoms with Crippen LogP contribution in [0.1, 0.15) is 26.5 Å². The van der Waals surface area contributed by atoms with Crippen molar-refractivity contribution in [2.75, 3.05) is 20.2 Å². The van der Waals surface area contributed by atoms with Crippen LogP contribution < -0.4 is 5.32 Å². The Balaban J connectivity index is 1.90. The molecular weight excluding hydrogens is 282 g/mol. The molecule has 1 saturated heterocycles. The maximum atomic E-state index is 12.2. The SMILES string of the molecule is CO[C@H]1CN(C(=O)OC(C)(C)C)CC1NCc1ccccn1. The third kappa shape index (κ3) is 4.68. The first-order chi connectivity index (χ1) is 10.4. The fourth-order valence-electron chi connectivity index (χ4n) is 2.42. The van der Waals surface area contributed by atoms with Crippen LogP contribution in [-0.4, -0.2) is 53.9 Å². The van der Waals surface area contributed by atoms with Crippen LogP contribution in [-0.2, 0) is 16.0 Å². The second-order valence-electron chi connectivity index (χ2n) is 6.47. The number of methoxy groups -OCH3 is 1. The molecule has 1 aliphatic rings. The Morgan fingerprint density at radius 3 is 2.77 bits per heavy atom. The van der Waals surface area contributed by atoms with E-state index >= 15 is 0 Å². The van der Waals surface area contributed by atoms with Gasteiger partial charge in [-0.05, 0) is 32.9 Å². The van der Waals surface area contributed by atoms with Gasteiger partial charge in [-0.15, -0.1) is 0 Å². The van der Waals surface area contributed by atoms with Gasteiger partial charge < -0.3 is 19.7 Å². The summed E-state index contributed by atoms with van der Waals surface area (Å²) in [4.78, 5) is 18.1. The zero-order valence-corrected chi connectivity index (χ0v) is 13.7. The van der Waals surface area contributed by atoms with Crippen LogP contribution in [0, 0.1) is 0 Å². The lowest BCUT2D eigenvalue weighted by molar-refractivity contribution is 0.0252. The van der Waals surface area contributed by atoms with Crippen molar-refractivity contribution in [3.8, 4) is 0 Å². The molecule has 0 radical (unpaired) electrons. The lowest BCUT2D eigenvalue weighted by Crippen LogP contribution is -2.40. The van der Waals surface area contributed by atoms with Crippen LogP contribution in [0.15, 0.2) is 24.4 Å². The van der Waals surface area contributed by atoms with Gasteiger partial charge >= 0.3 is 6.09 Å². The zero-order valence-electron chi connectivity index (χ0n) is 13.7. The van der Waals surface area contributed by atoms with E-state index in [-0.39, 0.29) is 18.2 Å². The van der Waals surface area contributed by atoms with Crippen LogP contribution in [0.3, 0.4) is 0 Å². The van der Waals surface area contributed by atoms with Crippen molar-refractivity contribution in [3.63, 3.8) is 0 Å². The van der Waals surface area contributed by atoms with Crippen molar-refractivity contribution in [1.82, 2.24) is 15.2 Å². The minimum absolute atomic E-state index is 0.0452. The molecule has 122 valence electrons. The van der Waals surface area contributed by atoms with E-state index in [4.69, 9.17) is 9.47 Å². The number of hydrogen-bond acceptors (Lipinski definition) is 5. The first kappa shape index (κ1) is 16.7. The average Bonchev–Trinajstić information content (AvgIpc) is 2.88. The summed E-state index contributed by atoms with van der Waals surface area (Å²) in [6.07, 6.45) is 1.43. The van der Waals surface area contributed by atoms with Gasteiger partial charge in [-0.25, -0.2) is 4.79 Å². The highest BCUT2D eigenvalue weighted by Gasteiger charge is 2.37. The Bertz CT molecular complexity index is 487. The van der Waals surface area contributed by atoms with E-state index in [1.165, 1.54) is 0 Å². The van der Waals surface area contributed by atoms with Crippen LogP contribution in [0.4, 0.5) is 4.79 Å². The molecule has 0 aromatic carbocycles. The number of nitrogens with zero attached hydrogens (tertiary/aromatic N) is 2. The third-order valence-corrected chi connectivity index (χ3v) is 3.49. The standard InChI is InChI=1S/C16H25N3O3/c1-16(2,3)22-15(20)19-10-13(14(11-19)21-4)18-9-12-7-5-6-8-17-12/h5-8,13-14,18H,9-11H2,1-4H3/t13?,14-/m0/s1. The van der Waals surface area contributed by atoms with Crippen molar-refractivity contribution >= 4 is 6.09 Å². The van der Waals surface area contributed by atoms with Crippen molar-refractivity contribution in [1.29, 1.82) is 0 Å². The van der Waals surface area contributed by atoms with E-state index < -0.39 is 5.60 Å². The predicted molar refractivity (Wildman–Crippen MR) is 83.5 cm³/mol. The summed E-state index contributed by atoms with van der Waals surface area (Å²) >= 11 is 0. The van der Waals surface area contributed by atoms with Crippen LogP contribution >= 0.6 is 0 Å². The molecule has 2 rings (SSSR count). The Morgan fingerprint density at radius 1 is 1.41 bits per heavy atom. The average molecular weight is 307 g/mol. The maximum absolute atomic E-state index is 12.2. The van der Waals surface area contributed by atoms with Gasteiger partial charge in [0.15, 0.2) is 0 Å². The summed E-state index contributed by atoms with van der Waals surface area (Å²) in [5.74, 6) is 0. The second-order valence-corrected chi connectivity index (χ2v) is 6.47. The summed E-state index contributed by atoms with van der Waals surface area (Å²) in [7, 11) is 1.67. The van der Waals surface area contributed by atoms with Crippen molar-refractivity contribution < 1.29 is 14.3 Å². The van der Waals surface area contributed by atoms with Crippen LogP contribution in [0.2, 0.25) is 0 Å². The molecule has 1 aromatic heterocycles. The number of rotatable bonds is 4. The summed E-state index contributed by atoms with van der Waals surface area (Å²) in [6, 6.07) is 5.88. The smallest absolute Gasteiger partial charge is 0.410 e. The molecule has 2 atom stereocenters. The van der Waals surface area contributed by atoms with E-state index in [0.29, 0.717) is 19.6 Å². The normalized spacial score (nSPS) is 21.9. The number of carbonyl (C=O) groups is 1. The van der Waals surface area contributed by atoms with Gasteiger partial charge in [0.2, 0.25) is 0 Å². The van der Waals surface area contributed by atoms with E-state index in [0.717, 1.165) is 5.69 Å². The van der Waals surface area contributed by atoms with Gasteiger partial charge in [-0.3, -0.25) is 4.98 Å².